The highest BCUT2D eigenvalue weighted by atomic mass is 16.5. The van der Waals surface area contributed by atoms with Gasteiger partial charge in [0.15, 0.2) is 0 Å². The number of amides is 1. The van der Waals surface area contributed by atoms with Gasteiger partial charge >= 0.3 is 5.97 Å². The van der Waals surface area contributed by atoms with Crippen molar-refractivity contribution in [1.82, 2.24) is 4.90 Å². The molecule has 2 saturated heterocycles. The molecule has 0 saturated carbocycles. The van der Waals surface area contributed by atoms with Crippen molar-refractivity contribution in [3.8, 4) is 0 Å². The fourth-order valence-electron chi connectivity index (χ4n) is 4.64. The standard InChI is InChI=1S/C25H30N2O3/c1-18-7-9-19(10-8-18)24(28)26-22-13-11-20(12-14-22)25(29)30-17-21-5-4-16-27-15-3-2-6-23(21)27/h7-14,21,23H,2-6,15-17H2,1H3,(H,26,28)/t21-,23+/m0/s1. The Kier molecular flexibility index (Phi) is 6.48. The first-order chi connectivity index (χ1) is 14.6. The largest absolute Gasteiger partial charge is 0.462 e. The van der Waals surface area contributed by atoms with Crippen molar-refractivity contribution in [2.24, 2.45) is 5.92 Å². The van der Waals surface area contributed by atoms with Gasteiger partial charge in [-0.05, 0) is 82.1 Å². The molecule has 0 bridgehead atoms. The van der Waals surface area contributed by atoms with E-state index in [1.807, 2.05) is 19.1 Å². The lowest BCUT2D eigenvalue weighted by molar-refractivity contribution is 0.00739. The van der Waals surface area contributed by atoms with Crippen LogP contribution in [0.25, 0.3) is 0 Å². The molecule has 0 unspecified atom stereocenters. The van der Waals surface area contributed by atoms with Crippen molar-refractivity contribution < 1.29 is 14.3 Å². The molecule has 30 heavy (non-hydrogen) atoms. The number of ether oxygens (including phenoxy) is 1. The molecule has 2 fully saturated rings. The quantitative estimate of drug-likeness (QED) is 0.733. The minimum absolute atomic E-state index is 0.167. The molecule has 5 heteroatoms. The Hall–Kier alpha value is -2.66. The van der Waals surface area contributed by atoms with E-state index in [0.29, 0.717) is 35.4 Å². The summed E-state index contributed by atoms with van der Waals surface area (Å²) in [6, 6.07) is 14.9. The van der Waals surface area contributed by atoms with E-state index in [1.54, 1.807) is 36.4 Å². The van der Waals surface area contributed by atoms with Gasteiger partial charge < -0.3 is 10.1 Å². The van der Waals surface area contributed by atoms with Gasteiger partial charge in [0.25, 0.3) is 5.91 Å². The van der Waals surface area contributed by atoms with Crippen LogP contribution in [0.1, 0.15) is 58.4 Å². The third-order valence-corrected chi connectivity index (χ3v) is 6.35. The third kappa shape index (κ3) is 4.90. The molecule has 0 aromatic heterocycles. The molecule has 5 nitrogen and oxygen atoms in total. The minimum Gasteiger partial charge on any atom is -0.462 e. The number of piperidine rings is 2. The predicted octanol–water partition coefficient (Wildman–Crippen LogP) is 4.67. The van der Waals surface area contributed by atoms with Gasteiger partial charge in [-0.25, -0.2) is 4.79 Å². The van der Waals surface area contributed by atoms with E-state index in [9.17, 15) is 9.59 Å². The van der Waals surface area contributed by atoms with Crippen LogP contribution in [-0.4, -0.2) is 42.5 Å². The van der Waals surface area contributed by atoms with E-state index < -0.39 is 0 Å². The maximum atomic E-state index is 12.5. The number of fused-ring (bicyclic) bond motifs is 1. The van der Waals surface area contributed by atoms with Gasteiger partial charge in [0.1, 0.15) is 0 Å². The average molecular weight is 407 g/mol. The Morgan fingerprint density at radius 1 is 0.933 bits per heavy atom. The van der Waals surface area contributed by atoms with Crippen molar-refractivity contribution in [1.29, 1.82) is 0 Å². The molecular weight excluding hydrogens is 376 g/mol. The Morgan fingerprint density at radius 3 is 2.40 bits per heavy atom. The molecule has 4 rings (SSSR count). The fraction of sp³-hybridized carbons (Fsp3) is 0.440. The lowest BCUT2D eigenvalue weighted by atomic mass is 9.84. The van der Waals surface area contributed by atoms with Crippen LogP contribution in [0.2, 0.25) is 0 Å². The van der Waals surface area contributed by atoms with Crippen molar-refractivity contribution >= 4 is 17.6 Å². The van der Waals surface area contributed by atoms with Crippen LogP contribution in [0.5, 0.6) is 0 Å². The van der Waals surface area contributed by atoms with E-state index in [4.69, 9.17) is 4.74 Å². The van der Waals surface area contributed by atoms with E-state index in [2.05, 4.69) is 10.2 Å². The Labute approximate surface area is 178 Å². The summed E-state index contributed by atoms with van der Waals surface area (Å²) in [5.41, 5.74) is 2.88. The van der Waals surface area contributed by atoms with Gasteiger partial charge in [-0.2, -0.15) is 0 Å². The second-order valence-corrected chi connectivity index (χ2v) is 8.50. The van der Waals surface area contributed by atoms with Crippen LogP contribution in [-0.2, 0) is 4.74 Å². The Balaban J connectivity index is 1.30. The van der Waals surface area contributed by atoms with Gasteiger partial charge in [0.05, 0.1) is 12.2 Å². The lowest BCUT2D eigenvalue weighted by Gasteiger charge is -2.44. The summed E-state index contributed by atoms with van der Waals surface area (Å²) >= 11 is 0. The first-order valence-corrected chi connectivity index (χ1v) is 11.0. The second kappa shape index (κ2) is 9.43. The topological polar surface area (TPSA) is 58.6 Å². The van der Waals surface area contributed by atoms with Gasteiger partial charge in [-0.3, -0.25) is 9.69 Å². The van der Waals surface area contributed by atoms with Gasteiger partial charge in [-0.1, -0.05) is 24.1 Å². The lowest BCUT2D eigenvalue weighted by Crippen LogP contribution is -2.49. The molecule has 0 spiro atoms. The van der Waals surface area contributed by atoms with Crippen molar-refractivity contribution in [2.75, 3.05) is 25.0 Å². The smallest absolute Gasteiger partial charge is 0.338 e. The zero-order valence-electron chi connectivity index (χ0n) is 17.6. The summed E-state index contributed by atoms with van der Waals surface area (Å²) in [6.07, 6.45) is 6.11. The van der Waals surface area contributed by atoms with Crippen molar-refractivity contribution in [3.63, 3.8) is 0 Å². The van der Waals surface area contributed by atoms with Crippen LogP contribution < -0.4 is 5.32 Å². The van der Waals surface area contributed by atoms with Gasteiger partial charge in [0, 0.05) is 23.2 Å². The monoisotopic (exact) mass is 406 g/mol. The third-order valence-electron chi connectivity index (χ3n) is 6.35. The molecule has 1 N–H and O–H groups in total. The number of carbonyl (C=O) groups excluding carboxylic acids is 2. The number of aryl methyl sites for hydroxylation is 1. The summed E-state index contributed by atoms with van der Waals surface area (Å²) in [5, 5.41) is 2.86. The van der Waals surface area contributed by atoms with Gasteiger partial charge in [0.2, 0.25) is 0 Å². The number of esters is 1. The number of benzene rings is 2. The van der Waals surface area contributed by atoms with Gasteiger partial charge in [-0.15, -0.1) is 0 Å². The van der Waals surface area contributed by atoms with Crippen LogP contribution in [0.3, 0.4) is 0 Å². The van der Waals surface area contributed by atoms with E-state index >= 15 is 0 Å². The Morgan fingerprint density at radius 2 is 1.63 bits per heavy atom. The summed E-state index contributed by atoms with van der Waals surface area (Å²) in [4.78, 5) is 27.4. The predicted molar refractivity (Wildman–Crippen MR) is 118 cm³/mol. The molecular formula is C25H30N2O3. The number of rotatable bonds is 5. The SMILES string of the molecule is Cc1ccc(C(=O)Nc2ccc(C(=O)OC[C@@H]3CCCN4CCCC[C@H]34)cc2)cc1. The number of carbonyl (C=O) groups is 2. The van der Waals surface area contributed by atoms with Crippen molar-refractivity contribution in [2.45, 2.75) is 45.1 Å². The number of hydrogen-bond acceptors (Lipinski definition) is 4. The van der Waals surface area contributed by atoms with Crippen LogP contribution in [0.15, 0.2) is 48.5 Å². The molecule has 2 aliphatic heterocycles. The normalized spacial score (nSPS) is 21.5. The fourth-order valence-corrected chi connectivity index (χ4v) is 4.64. The Bertz CT molecular complexity index is 874. The highest BCUT2D eigenvalue weighted by Gasteiger charge is 2.33. The van der Waals surface area contributed by atoms with E-state index in [-0.39, 0.29) is 11.9 Å². The van der Waals surface area contributed by atoms with Crippen LogP contribution >= 0.6 is 0 Å². The number of anilines is 1. The summed E-state index contributed by atoms with van der Waals surface area (Å²) < 4.78 is 5.67. The maximum absolute atomic E-state index is 12.5. The van der Waals surface area contributed by atoms with E-state index in [0.717, 1.165) is 12.0 Å². The number of hydrogen-bond donors (Lipinski definition) is 1. The summed E-state index contributed by atoms with van der Waals surface area (Å²) in [7, 11) is 0. The number of nitrogens with zero attached hydrogens (tertiary/aromatic N) is 1. The van der Waals surface area contributed by atoms with Crippen molar-refractivity contribution in [3.05, 3.63) is 65.2 Å². The molecule has 1 amide bonds. The molecule has 2 aliphatic rings. The molecule has 2 aromatic carbocycles. The average Bonchev–Trinajstić information content (AvgIpc) is 2.78. The van der Waals surface area contributed by atoms with Crippen LogP contribution in [0.4, 0.5) is 5.69 Å². The zero-order chi connectivity index (χ0) is 20.9. The zero-order valence-corrected chi connectivity index (χ0v) is 17.6. The van der Waals surface area contributed by atoms with E-state index in [1.165, 1.54) is 38.8 Å². The second-order valence-electron chi connectivity index (χ2n) is 8.50. The number of nitrogens with one attached hydrogen (secondary N) is 1. The molecule has 2 aromatic rings. The molecule has 158 valence electrons. The maximum Gasteiger partial charge on any atom is 0.338 e. The first-order valence-electron chi connectivity index (χ1n) is 11.0. The highest BCUT2D eigenvalue weighted by Crippen LogP contribution is 2.31. The minimum atomic E-state index is -0.292. The van der Waals surface area contributed by atoms with Crippen LogP contribution in [0, 0.1) is 12.8 Å². The first kappa shape index (κ1) is 20.6. The summed E-state index contributed by atoms with van der Waals surface area (Å²) in [5.74, 6) is -0.0184. The molecule has 2 heterocycles. The molecule has 0 aliphatic carbocycles. The summed E-state index contributed by atoms with van der Waals surface area (Å²) in [6.45, 7) is 4.85. The molecule has 0 radical (unpaired) electrons. The highest BCUT2D eigenvalue weighted by molar-refractivity contribution is 6.04. The molecule has 2 atom stereocenters.